The zero-order chi connectivity index (χ0) is 10.6. The van der Waals surface area contributed by atoms with Gasteiger partial charge in [0.15, 0.2) is 0 Å². The number of amides is 1. The van der Waals surface area contributed by atoms with Gasteiger partial charge >= 0.3 is 0 Å². The van der Waals surface area contributed by atoms with Crippen molar-refractivity contribution in [2.75, 3.05) is 13.2 Å². The highest BCUT2D eigenvalue weighted by molar-refractivity contribution is 5.72. The number of rotatable bonds is 9. The maximum atomic E-state index is 10.5. The molecule has 1 amide bonds. The summed E-state index contributed by atoms with van der Waals surface area (Å²) >= 11 is 0. The fourth-order valence-corrected chi connectivity index (χ4v) is 1.15. The summed E-state index contributed by atoms with van der Waals surface area (Å²) in [5.41, 5.74) is 0. The quantitative estimate of drug-likeness (QED) is 0.451. The van der Waals surface area contributed by atoms with Crippen LogP contribution in [-0.4, -0.2) is 25.5 Å². The van der Waals surface area contributed by atoms with Gasteiger partial charge in [0.1, 0.15) is 0 Å². The Bertz CT molecular complexity index is 159. The van der Waals surface area contributed by atoms with E-state index in [0.717, 1.165) is 38.6 Å². The summed E-state index contributed by atoms with van der Waals surface area (Å²) in [6, 6.07) is 0. The number of nitrogens with one attached hydrogen (secondary N) is 1. The molecule has 0 atom stereocenters. The normalized spacial score (nSPS) is 9.50. The Balaban J connectivity index is 2.92. The van der Waals surface area contributed by atoms with E-state index >= 15 is 0 Å². The lowest BCUT2D eigenvalue weighted by Crippen LogP contribution is -2.20. The van der Waals surface area contributed by atoms with Gasteiger partial charge in [0, 0.05) is 13.5 Å². The van der Waals surface area contributed by atoms with E-state index in [1.165, 1.54) is 6.92 Å². The van der Waals surface area contributed by atoms with Crippen molar-refractivity contribution in [1.29, 1.82) is 0 Å². The van der Waals surface area contributed by atoms with Crippen LogP contribution >= 0.6 is 0 Å². The van der Waals surface area contributed by atoms with Gasteiger partial charge in [-0.05, 0) is 12.8 Å². The first kappa shape index (κ1) is 12.9. The third kappa shape index (κ3) is 10.9. The lowest BCUT2D eigenvalue weighted by atomic mass is 10.1. The van der Waals surface area contributed by atoms with Gasteiger partial charge in [-0.2, -0.15) is 0 Å². The predicted molar refractivity (Wildman–Crippen MR) is 53.8 cm³/mol. The van der Waals surface area contributed by atoms with Gasteiger partial charge in [0.2, 0.25) is 5.91 Å². The molecule has 0 aliphatic rings. The monoisotopic (exact) mass is 201 g/mol. The van der Waals surface area contributed by atoms with Gasteiger partial charge in [-0.1, -0.05) is 19.3 Å². The number of carbonyl (C=O) groups is 2. The largest absolute Gasteiger partial charge is 0.468 e. The molecular weight excluding hydrogens is 182 g/mol. The summed E-state index contributed by atoms with van der Waals surface area (Å²) in [4.78, 5) is 20.3. The molecule has 0 rings (SSSR count). The van der Waals surface area contributed by atoms with Crippen LogP contribution in [0.3, 0.4) is 0 Å². The van der Waals surface area contributed by atoms with E-state index in [-0.39, 0.29) is 5.91 Å². The van der Waals surface area contributed by atoms with Gasteiger partial charge in [-0.15, -0.1) is 0 Å². The number of hydrogen-bond acceptors (Lipinski definition) is 3. The highest BCUT2D eigenvalue weighted by Gasteiger charge is 1.92. The van der Waals surface area contributed by atoms with Crippen LogP contribution in [0.15, 0.2) is 0 Å². The molecule has 0 aliphatic carbocycles. The minimum absolute atomic E-state index is 0.0318. The highest BCUT2D eigenvalue weighted by atomic mass is 16.5. The zero-order valence-corrected chi connectivity index (χ0v) is 8.75. The lowest BCUT2D eigenvalue weighted by Gasteiger charge is -2.02. The lowest BCUT2D eigenvalue weighted by molar-refractivity contribution is -0.128. The Morgan fingerprint density at radius 2 is 1.86 bits per heavy atom. The van der Waals surface area contributed by atoms with E-state index in [1.54, 1.807) is 0 Å². The van der Waals surface area contributed by atoms with Crippen LogP contribution in [-0.2, 0) is 14.3 Å². The van der Waals surface area contributed by atoms with Crippen LogP contribution in [0.25, 0.3) is 0 Å². The van der Waals surface area contributed by atoms with Gasteiger partial charge in [-0.25, -0.2) is 0 Å². The summed E-state index contributed by atoms with van der Waals surface area (Å²) in [6.07, 6.45) is 5.27. The van der Waals surface area contributed by atoms with Crippen molar-refractivity contribution in [3.05, 3.63) is 0 Å². The Labute approximate surface area is 85.0 Å². The van der Waals surface area contributed by atoms with Crippen LogP contribution in [0.1, 0.15) is 39.0 Å². The maximum absolute atomic E-state index is 10.5. The average molecular weight is 201 g/mol. The van der Waals surface area contributed by atoms with Crippen molar-refractivity contribution in [3.63, 3.8) is 0 Å². The predicted octanol–water partition coefficient (Wildman–Crippen LogP) is 1.25. The molecular formula is C10H19NO3. The SMILES string of the molecule is CC(=O)NCCCCCCCOC=O. The average Bonchev–Trinajstić information content (AvgIpc) is 2.15. The highest BCUT2D eigenvalue weighted by Crippen LogP contribution is 2.02. The molecule has 0 unspecified atom stereocenters. The van der Waals surface area contributed by atoms with E-state index in [0.29, 0.717) is 13.1 Å². The smallest absolute Gasteiger partial charge is 0.293 e. The Kier molecular flexibility index (Phi) is 9.26. The molecule has 0 aliphatic heterocycles. The number of hydrogen-bond donors (Lipinski definition) is 1. The van der Waals surface area contributed by atoms with Crippen LogP contribution < -0.4 is 5.32 Å². The molecule has 0 bridgehead atoms. The third-order valence-electron chi connectivity index (χ3n) is 1.88. The second-order valence-electron chi connectivity index (χ2n) is 3.22. The maximum Gasteiger partial charge on any atom is 0.293 e. The minimum atomic E-state index is 0.0318. The van der Waals surface area contributed by atoms with Gasteiger partial charge in [0.05, 0.1) is 6.61 Å². The summed E-state index contributed by atoms with van der Waals surface area (Å²) in [5.74, 6) is 0.0318. The first-order chi connectivity index (χ1) is 6.77. The van der Waals surface area contributed by atoms with Crippen LogP contribution in [0.4, 0.5) is 0 Å². The Morgan fingerprint density at radius 1 is 1.21 bits per heavy atom. The zero-order valence-electron chi connectivity index (χ0n) is 8.75. The minimum Gasteiger partial charge on any atom is -0.468 e. The molecule has 1 N–H and O–H groups in total. The van der Waals surface area contributed by atoms with Gasteiger partial charge in [0.25, 0.3) is 6.47 Å². The summed E-state index contributed by atoms with van der Waals surface area (Å²) in [6.45, 7) is 3.29. The van der Waals surface area contributed by atoms with Crippen molar-refractivity contribution < 1.29 is 14.3 Å². The molecule has 4 heteroatoms. The summed E-state index contributed by atoms with van der Waals surface area (Å²) < 4.78 is 4.56. The van der Waals surface area contributed by atoms with Crippen molar-refractivity contribution >= 4 is 12.4 Å². The number of carbonyl (C=O) groups excluding carboxylic acids is 2. The third-order valence-corrected chi connectivity index (χ3v) is 1.88. The van der Waals surface area contributed by atoms with E-state index in [4.69, 9.17) is 0 Å². The van der Waals surface area contributed by atoms with Gasteiger partial charge in [-0.3, -0.25) is 9.59 Å². The summed E-state index contributed by atoms with van der Waals surface area (Å²) in [7, 11) is 0. The first-order valence-corrected chi connectivity index (χ1v) is 5.07. The molecule has 0 fully saturated rings. The Morgan fingerprint density at radius 3 is 2.50 bits per heavy atom. The molecule has 0 aromatic heterocycles. The van der Waals surface area contributed by atoms with Gasteiger partial charge < -0.3 is 10.1 Å². The molecule has 0 spiro atoms. The Hall–Kier alpha value is -1.06. The molecule has 4 nitrogen and oxygen atoms in total. The molecule has 0 aromatic carbocycles. The fourth-order valence-electron chi connectivity index (χ4n) is 1.15. The molecule has 0 aromatic rings. The van der Waals surface area contributed by atoms with Crippen molar-refractivity contribution in [3.8, 4) is 0 Å². The topological polar surface area (TPSA) is 55.4 Å². The molecule has 0 heterocycles. The first-order valence-electron chi connectivity index (χ1n) is 5.07. The van der Waals surface area contributed by atoms with E-state index in [9.17, 15) is 9.59 Å². The van der Waals surface area contributed by atoms with Crippen molar-refractivity contribution in [2.45, 2.75) is 39.0 Å². The van der Waals surface area contributed by atoms with Crippen LogP contribution in [0.5, 0.6) is 0 Å². The number of ether oxygens (including phenoxy) is 1. The molecule has 0 saturated carbocycles. The number of unbranched alkanes of at least 4 members (excludes halogenated alkanes) is 4. The molecule has 14 heavy (non-hydrogen) atoms. The van der Waals surface area contributed by atoms with E-state index in [1.807, 2.05) is 0 Å². The van der Waals surface area contributed by atoms with E-state index in [2.05, 4.69) is 10.1 Å². The molecule has 82 valence electrons. The fraction of sp³-hybridized carbons (Fsp3) is 0.800. The van der Waals surface area contributed by atoms with Crippen molar-refractivity contribution in [1.82, 2.24) is 5.32 Å². The molecule has 0 radical (unpaired) electrons. The summed E-state index contributed by atoms with van der Waals surface area (Å²) in [5, 5.41) is 2.75. The van der Waals surface area contributed by atoms with E-state index < -0.39 is 0 Å². The second kappa shape index (κ2) is 10.0. The second-order valence-corrected chi connectivity index (χ2v) is 3.22. The van der Waals surface area contributed by atoms with Crippen LogP contribution in [0, 0.1) is 0 Å². The molecule has 0 saturated heterocycles. The standard InChI is InChI=1S/C10H19NO3/c1-10(13)11-7-5-3-2-4-6-8-14-9-12/h9H,2-8H2,1H3,(H,11,13). The van der Waals surface area contributed by atoms with Crippen molar-refractivity contribution in [2.24, 2.45) is 0 Å². The van der Waals surface area contributed by atoms with Crippen LogP contribution in [0.2, 0.25) is 0 Å².